The predicted octanol–water partition coefficient (Wildman–Crippen LogP) is 3.11. The molecule has 160 valence electrons. The van der Waals surface area contributed by atoms with Gasteiger partial charge in [-0.3, -0.25) is 4.79 Å². The number of thiophene rings is 1. The summed E-state index contributed by atoms with van der Waals surface area (Å²) in [4.78, 5) is 34.4. The van der Waals surface area contributed by atoms with Gasteiger partial charge < -0.3 is 10.1 Å². The van der Waals surface area contributed by atoms with Crippen LogP contribution in [-0.2, 0) is 26.7 Å². The Bertz CT molecular complexity index is 1240. The van der Waals surface area contributed by atoms with Crippen molar-refractivity contribution in [2.24, 2.45) is 0 Å². The minimum atomic E-state index is -3.22. The van der Waals surface area contributed by atoms with E-state index in [2.05, 4.69) is 15.3 Å². The first-order chi connectivity index (χ1) is 14.9. The maximum atomic E-state index is 12.8. The highest BCUT2D eigenvalue weighted by Crippen LogP contribution is 2.38. The number of carbonyl (C=O) groups excluding carboxylic acids is 2. The van der Waals surface area contributed by atoms with Gasteiger partial charge in [0.2, 0.25) is 0 Å². The van der Waals surface area contributed by atoms with E-state index in [4.69, 9.17) is 4.74 Å². The first-order valence-electron chi connectivity index (χ1n) is 9.59. The van der Waals surface area contributed by atoms with Crippen LogP contribution in [-0.4, -0.2) is 42.6 Å². The van der Waals surface area contributed by atoms with Gasteiger partial charge in [0.1, 0.15) is 5.00 Å². The van der Waals surface area contributed by atoms with E-state index in [1.807, 2.05) is 30.3 Å². The molecular formula is C21H19N3O5S2. The van der Waals surface area contributed by atoms with Crippen molar-refractivity contribution in [1.29, 1.82) is 0 Å². The monoisotopic (exact) mass is 457 g/mol. The van der Waals surface area contributed by atoms with E-state index >= 15 is 0 Å². The van der Waals surface area contributed by atoms with Gasteiger partial charge in [0, 0.05) is 22.8 Å². The molecule has 10 heteroatoms. The van der Waals surface area contributed by atoms with Gasteiger partial charge in [-0.25, -0.2) is 23.2 Å². The summed E-state index contributed by atoms with van der Waals surface area (Å²) in [6, 6.07) is 9.36. The molecule has 31 heavy (non-hydrogen) atoms. The predicted molar refractivity (Wildman–Crippen MR) is 117 cm³/mol. The molecule has 0 radical (unpaired) electrons. The fraction of sp³-hybridized carbons (Fsp3) is 0.238. The molecule has 3 aromatic rings. The minimum Gasteiger partial charge on any atom is -0.462 e. The molecule has 0 saturated carbocycles. The number of rotatable bonds is 5. The molecule has 0 saturated heterocycles. The van der Waals surface area contributed by atoms with Gasteiger partial charge in [-0.2, -0.15) is 0 Å². The highest BCUT2D eigenvalue weighted by atomic mass is 32.2. The van der Waals surface area contributed by atoms with Crippen molar-refractivity contribution in [2.75, 3.05) is 17.7 Å². The molecule has 3 heterocycles. The lowest BCUT2D eigenvalue weighted by Gasteiger charge is -2.13. The summed E-state index contributed by atoms with van der Waals surface area (Å²) in [6.07, 6.45) is 3.03. The van der Waals surface area contributed by atoms with E-state index in [1.165, 1.54) is 12.4 Å². The van der Waals surface area contributed by atoms with Crippen molar-refractivity contribution < 1.29 is 22.7 Å². The van der Waals surface area contributed by atoms with E-state index in [9.17, 15) is 18.0 Å². The van der Waals surface area contributed by atoms with Crippen LogP contribution in [0.4, 0.5) is 5.00 Å². The summed E-state index contributed by atoms with van der Waals surface area (Å²) in [7, 11) is -3.22. The number of aromatic nitrogens is 2. The molecule has 0 atom stereocenters. The molecule has 4 rings (SSSR count). The molecule has 8 nitrogen and oxygen atoms in total. The zero-order valence-corrected chi connectivity index (χ0v) is 18.3. The number of nitrogens with one attached hydrogen (secondary N) is 1. The normalized spacial score (nSPS) is 14.5. The Balaban J connectivity index is 1.62. The Morgan fingerprint density at radius 2 is 1.87 bits per heavy atom. The first kappa shape index (κ1) is 21.1. The molecule has 0 spiro atoms. The first-order valence-corrected chi connectivity index (χ1v) is 12.2. The fourth-order valence-electron chi connectivity index (χ4n) is 3.29. The highest BCUT2D eigenvalue weighted by molar-refractivity contribution is 7.90. The average molecular weight is 458 g/mol. The summed E-state index contributed by atoms with van der Waals surface area (Å²) < 4.78 is 29.2. The molecule has 1 aromatic carbocycles. The number of fused-ring (bicyclic) bond motifs is 1. The number of anilines is 1. The second-order valence-corrected chi connectivity index (χ2v) is 10.2. The van der Waals surface area contributed by atoms with Crippen LogP contribution in [0.2, 0.25) is 0 Å². The summed E-state index contributed by atoms with van der Waals surface area (Å²) >= 11 is 1.09. The Labute approximate surface area is 183 Å². The van der Waals surface area contributed by atoms with E-state index in [1.54, 1.807) is 6.92 Å². The lowest BCUT2D eigenvalue weighted by molar-refractivity contribution is 0.0527. The van der Waals surface area contributed by atoms with Crippen LogP contribution in [0.25, 0.3) is 11.4 Å². The second kappa shape index (κ2) is 8.56. The van der Waals surface area contributed by atoms with Gasteiger partial charge >= 0.3 is 5.97 Å². The Hall–Kier alpha value is -3.11. The quantitative estimate of drug-likeness (QED) is 0.585. The van der Waals surface area contributed by atoms with Gasteiger partial charge in [-0.15, -0.1) is 11.3 Å². The van der Waals surface area contributed by atoms with Gasteiger partial charge in [0.05, 0.1) is 29.2 Å². The van der Waals surface area contributed by atoms with E-state index in [-0.39, 0.29) is 40.7 Å². The Morgan fingerprint density at radius 1 is 1.16 bits per heavy atom. The molecule has 0 fully saturated rings. The van der Waals surface area contributed by atoms with E-state index < -0.39 is 21.7 Å². The summed E-state index contributed by atoms with van der Waals surface area (Å²) in [6.45, 7) is 1.86. The Morgan fingerprint density at radius 3 is 2.55 bits per heavy atom. The maximum Gasteiger partial charge on any atom is 0.341 e. The molecule has 0 aliphatic carbocycles. The smallest absolute Gasteiger partial charge is 0.341 e. The molecule has 0 unspecified atom stereocenters. The third kappa shape index (κ3) is 4.49. The van der Waals surface area contributed by atoms with Crippen LogP contribution in [0.1, 0.15) is 38.1 Å². The van der Waals surface area contributed by atoms with Gasteiger partial charge in [0.25, 0.3) is 5.91 Å². The minimum absolute atomic E-state index is 0.0364. The SMILES string of the molecule is CCOC(=O)c1c(NC(=O)c2cnc(-c3ccccc3)nc2)sc2c1CCS(=O)(=O)C2. The second-order valence-electron chi connectivity index (χ2n) is 6.89. The highest BCUT2D eigenvalue weighted by Gasteiger charge is 2.32. The number of nitrogens with zero attached hydrogens (tertiary/aromatic N) is 2. The zero-order chi connectivity index (χ0) is 22.0. The van der Waals surface area contributed by atoms with Crippen molar-refractivity contribution in [3.8, 4) is 11.4 Å². The van der Waals surface area contributed by atoms with E-state index in [0.717, 1.165) is 16.9 Å². The van der Waals surface area contributed by atoms with Crippen LogP contribution < -0.4 is 5.32 Å². The molecule has 0 bridgehead atoms. The third-order valence-electron chi connectivity index (χ3n) is 4.76. The van der Waals surface area contributed by atoms with Crippen LogP contribution >= 0.6 is 11.3 Å². The number of carbonyl (C=O) groups is 2. The van der Waals surface area contributed by atoms with E-state index in [0.29, 0.717) is 16.3 Å². The zero-order valence-electron chi connectivity index (χ0n) is 16.6. The average Bonchev–Trinajstić information content (AvgIpc) is 3.10. The van der Waals surface area contributed by atoms with Crippen molar-refractivity contribution >= 4 is 38.1 Å². The lowest BCUT2D eigenvalue weighted by Crippen LogP contribution is -2.20. The molecule has 1 aliphatic heterocycles. The van der Waals surface area contributed by atoms with Gasteiger partial charge in [-0.05, 0) is 18.9 Å². The summed E-state index contributed by atoms with van der Waals surface area (Å²) in [5.41, 5.74) is 1.90. The number of benzene rings is 1. The number of hydrogen-bond donors (Lipinski definition) is 1. The number of ether oxygens (including phenoxy) is 1. The van der Waals surface area contributed by atoms with Crippen LogP contribution in [0, 0.1) is 0 Å². The number of sulfone groups is 1. The van der Waals surface area contributed by atoms with Crippen molar-refractivity contribution in [2.45, 2.75) is 19.1 Å². The van der Waals surface area contributed by atoms with Crippen molar-refractivity contribution in [1.82, 2.24) is 9.97 Å². The van der Waals surface area contributed by atoms with Crippen molar-refractivity contribution in [3.63, 3.8) is 0 Å². The molecular weight excluding hydrogens is 438 g/mol. The maximum absolute atomic E-state index is 12.8. The summed E-state index contributed by atoms with van der Waals surface area (Å²) in [5.74, 6) is -0.770. The van der Waals surface area contributed by atoms with Gasteiger partial charge in [0.15, 0.2) is 15.7 Å². The largest absolute Gasteiger partial charge is 0.462 e. The van der Waals surface area contributed by atoms with Crippen LogP contribution in [0.5, 0.6) is 0 Å². The van der Waals surface area contributed by atoms with Gasteiger partial charge in [-0.1, -0.05) is 30.3 Å². The molecule has 1 aliphatic rings. The number of hydrogen-bond acceptors (Lipinski definition) is 8. The molecule has 2 aromatic heterocycles. The van der Waals surface area contributed by atoms with Crippen molar-refractivity contribution in [3.05, 3.63) is 64.3 Å². The van der Waals surface area contributed by atoms with Crippen LogP contribution in [0.3, 0.4) is 0 Å². The Kier molecular flexibility index (Phi) is 5.84. The summed E-state index contributed by atoms with van der Waals surface area (Å²) in [5, 5.41) is 2.99. The number of esters is 1. The standard InChI is InChI=1S/C21H19N3O5S2/c1-2-29-21(26)17-15-8-9-31(27,28)12-16(15)30-20(17)24-19(25)14-10-22-18(23-11-14)13-6-4-3-5-7-13/h3-7,10-11H,2,8-9,12H2,1H3,(H,24,25). The lowest BCUT2D eigenvalue weighted by atomic mass is 10.1. The topological polar surface area (TPSA) is 115 Å². The fourth-order valence-corrected chi connectivity index (χ4v) is 6.32. The third-order valence-corrected chi connectivity index (χ3v) is 7.64. The molecule has 1 amide bonds. The van der Waals surface area contributed by atoms with Crippen LogP contribution in [0.15, 0.2) is 42.7 Å². The number of amides is 1. The molecule has 1 N–H and O–H groups in total.